The van der Waals surface area contributed by atoms with Gasteiger partial charge in [-0.25, -0.2) is 4.98 Å². The van der Waals surface area contributed by atoms with Crippen molar-refractivity contribution in [2.75, 3.05) is 20.2 Å². The summed E-state index contributed by atoms with van der Waals surface area (Å²) in [5, 5.41) is 3.15. The Hall–Kier alpha value is -1.65. The van der Waals surface area contributed by atoms with Crippen LogP contribution >= 0.6 is 0 Å². The molecule has 0 spiro atoms. The zero-order chi connectivity index (χ0) is 13.8. The van der Waals surface area contributed by atoms with Crippen molar-refractivity contribution >= 4 is 0 Å². The van der Waals surface area contributed by atoms with Crippen LogP contribution in [0.1, 0.15) is 22.9 Å². The van der Waals surface area contributed by atoms with E-state index in [2.05, 4.69) is 45.3 Å². The molecule has 0 saturated heterocycles. The van der Waals surface area contributed by atoms with Crippen LogP contribution in [0.3, 0.4) is 0 Å². The van der Waals surface area contributed by atoms with E-state index in [1.807, 2.05) is 13.4 Å². The lowest BCUT2D eigenvalue weighted by molar-refractivity contribution is 0.0306. The van der Waals surface area contributed by atoms with Gasteiger partial charge in [-0.15, -0.1) is 0 Å². The second-order valence-electron chi connectivity index (χ2n) is 5.22. The molecule has 106 valence electrons. The number of imidazole rings is 1. The van der Waals surface area contributed by atoms with Gasteiger partial charge in [0.15, 0.2) is 0 Å². The number of hydrogen-bond donors (Lipinski definition) is 1. The van der Waals surface area contributed by atoms with E-state index in [1.165, 1.54) is 11.1 Å². The Labute approximate surface area is 119 Å². The average molecular weight is 271 g/mol. The van der Waals surface area contributed by atoms with Crippen molar-refractivity contribution in [1.29, 1.82) is 0 Å². The molecule has 0 aliphatic carbocycles. The van der Waals surface area contributed by atoms with Crippen molar-refractivity contribution < 1.29 is 4.74 Å². The normalized spacial score (nSPS) is 17.9. The highest BCUT2D eigenvalue weighted by molar-refractivity contribution is 5.30. The number of aromatic nitrogens is 2. The van der Waals surface area contributed by atoms with E-state index in [0.717, 1.165) is 38.2 Å². The molecular formula is C16H21N3O. The van der Waals surface area contributed by atoms with E-state index in [-0.39, 0.29) is 6.10 Å². The molecule has 1 atom stereocenters. The molecule has 1 aliphatic heterocycles. The summed E-state index contributed by atoms with van der Waals surface area (Å²) < 4.78 is 8.07. The quantitative estimate of drug-likeness (QED) is 0.903. The number of nitrogens with zero attached hydrogens (tertiary/aromatic N) is 2. The molecule has 1 aromatic heterocycles. The summed E-state index contributed by atoms with van der Waals surface area (Å²) in [5.41, 5.74) is 3.87. The summed E-state index contributed by atoms with van der Waals surface area (Å²) in [6.45, 7) is 2.60. The minimum absolute atomic E-state index is 0.145. The molecule has 20 heavy (non-hydrogen) atoms. The van der Waals surface area contributed by atoms with Crippen LogP contribution in [-0.4, -0.2) is 29.8 Å². The second-order valence-corrected chi connectivity index (χ2v) is 5.22. The zero-order valence-corrected chi connectivity index (χ0v) is 11.9. The predicted octanol–water partition coefficient (Wildman–Crippen LogP) is 1.96. The molecule has 3 rings (SSSR count). The molecule has 1 N–H and O–H groups in total. The van der Waals surface area contributed by atoms with Gasteiger partial charge in [-0.2, -0.15) is 0 Å². The maximum Gasteiger partial charge on any atom is 0.101 e. The minimum Gasteiger partial charge on any atom is -0.371 e. The number of benzene rings is 1. The van der Waals surface area contributed by atoms with Crippen LogP contribution in [0.15, 0.2) is 36.8 Å². The Morgan fingerprint density at radius 3 is 3.20 bits per heavy atom. The lowest BCUT2D eigenvalue weighted by Gasteiger charge is -2.26. The zero-order valence-electron chi connectivity index (χ0n) is 11.9. The highest BCUT2D eigenvalue weighted by atomic mass is 16.5. The van der Waals surface area contributed by atoms with Crippen LogP contribution in [0.25, 0.3) is 0 Å². The van der Waals surface area contributed by atoms with Crippen molar-refractivity contribution in [3.8, 4) is 0 Å². The van der Waals surface area contributed by atoms with Crippen LogP contribution < -0.4 is 5.32 Å². The van der Waals surface area contributed by atoms with E-state index in [0.29, 0.717) is 0 Å². The first kappa shape index (κ1) is 13.3. The van der Waals surface area contributed by atoms with Gasteiger partial charge in [0.25, 0.3) is 0 Å². The Bertz CT molecular complexity index is 564. The van der Waals surface area contributed by atoms with Crippen LogP contribution in [-0.2, 0) is 24.1 Å². The first-order valence-electron chi connectivity index (χ1n) is 7.21. The highest BCUT2D eigenvalue weighted by Gasteiger charge is 2.20. The molecular weight excluding hydrogens is 250 g/mol. The summed E-state index contributed by atoms with van der Waals surface area (Å²) in [5.74, 6) is 0. The third-order valence-corrected chi connectivity index (χ3v) is 3.79. The third-order valence-electron chi connectivity index (χ3n) is 3.79. The van der Waals surface area contributed by atoms with Gasteiger partial charge in [0, 0.05) is 19.2 Å². The largest absolute Gasteiger partial charge is 0.371 e. The van der Waals surface area contributed by atoms with Crippen molar-refractivity contribution in [3.63, 3.8) is 0 Å². The molecule has 2 aromatic rings. The molecule has 2 heterocycles. The van der Waals surface area contributed by atoms with Crippen LogP contribution in [0, 0.1) is 0 Å². The first-order chi connectivity index (χ1) is 9.86. The Morgan fingerprint density at radius 2 is 2.30 bits per heavy atom. The summed E-state index contributed by atoms with van der Waals surface area (Å²) in [4.78, 5) is 4.44. The standard InChI is InChI=1S/C16H21N3O/c1-17-8-6-14-10-19(12-18-14)11-16-15-5-3-2-4-13(15)7-9-20-16/h2-5,10,12,16-17H,6-9,11H2,1H3. The van der Waals surface area contributed by atoms with Crippen molar-refractivity contribution in [2.45, 2.75) is 25.5 Å². The van der Waals surface area contributed by atoms with Gasteiger partial charge in [-0.1, -0.05) is 24.3 Å². The Morgan fingerprint density at radius 1 is 1.40 bits per heavy atom. The van der Waals surface area contributed by atoms with E-state index in [1.54, 1.807) is 0 Å². The van der Waals surface area contributed by atoms with Gasteiger partial charge < -0.3 is 14.6 Å². The monoisotopic (exact) mass is 271 g/mol. The molecule has 0 saturated carbocycles. The lowest BCUT2D eigenvalue weighted by Crippen LogP contribution is -2.20. The van der Waals surface area contributed by atoms with Gasteiger partial charge in [-0.3, -0.25) is 0 Å². The maximum atomic E-state index is 5.94. The number of hydrogen-bond acceptors (Lipinski definition) is 3. The van der Waals surface area contributed by atoms with Gasteiger partial charge >= 0.3 is 0 Å². The smallest absolute Gasteiger partial charge is 0.101 e. The second kappa shape index (κ2) is 6.20. The fourth-order valence-corrected chi connectivity index (χ4v) is 2.71. The number of fused-ring (bicyclic) bond motifs is 1. The average Bonchev–Trinajstić information content (AvgIpc) is 2.93. The van der Waals surface area contributed by atoms with Gasteiger partial charge in [0.05, 0.1) is 25.2 Å². The molecule has 1 aliphatic rings. The SMILES string of the molecule is CNCCc1cn(CC2OCCc3ccccc32)cn1. The Balaban J connectivity index is 1.71. The van der Waals surface area contributed by atoms with E-state index < -0.39 is 0 Å². The molecule has 1 unspecified atom stereocenters. The van der Waals surface area contributed by atoms with Crippen molar-refractivity contribution in [1.82, 2.24) is 14.9 Å². The highest BCUT2D eigenvalue weighted by Crippen LogP contribution is 2.28. The summed E-state index contributed by atoms with van der Waals surface area (Å²) in [6, 6.07) is 8.58. The first-order valence-corrected chi connectivity index (χ1v) is 7.21. The third kappa shape index (κ3) is 2.92. The fraction of sp³-hybridized carbons (Fsp3) is 0.438. The fourth-order valence-electron chi connectivity index (χ4n) is 2.71. The van der Waals surface area contributed by atoms with Gasteiger partial charge in [0.1, 0.15) is 6.10 Å². The molecule has 4 heteroatoms. The molecule has 0 bridgehead atoms. The number of rotatable bonds is 5. The summed E-state index contributed by atoms with van der Waals surface area (Å²) >= 11 is 0. The van der Waals surface area contributed by atoms with Crippen molar-refractivity contribution in [3.05, 3.63) is 53.6 Å². The molecule has 0 amide bonds. The molecule has 1 aromatic carbocycles. The topological polar surface area (TPSA) is 39.1 Å². The molecule has 0 fully saturated rings. The number of ether oxygens (including phenoxy) is 1. The van der Waals surface area contributed by atoms with Crippen LogP contribution in [0.2, 0.25) is 0 Å². The molecule has 4 nitrogen and oxygen atoms in total. The van der Waals surface area contributed by atoms with Gasteiger partial charge in [0.2, 0.25) is 0 Å². The summed E-state index contributed by atoms with van der Waals surface area (Å²) in [6.07, 6.45) is 6.16. The lowest BCUT2D eigenvalue weighted by atomic mass is 9.97. The van der Waals surface area contributed by atoms with E-state index >= 15 is 0 Å². The number of nitrogens with one attached hydrogen (secondary N) is 1. The predicted molar refractivity (Wildman–Crippen MR) is 78.7 cm³/mol. The molecule has 0 radical (unpaired) electrons. The van der Waals surface area contributed by atoms with Crippen molar-refractivity contribution in [2.24, 2.45) is 0 Å². The summed E-state index contributed by atoms with van der Waals surface area (Å²) in [7, 11) is 1.96. The van der Waals surface area contributed by atoms with Gasteiger partial charge in [-0.05, 0) is 24.6 Å². The van der Waals surface area contributed by atoms with Crippen LogP contribution in [0.4, 0.5) is 0 Å². The van der Waals surface area contributed by atoms with E-state index in [4.69, 9.17) is 4.74 Å². The Kier molecular flexibility index (Phi) is 4.14. The number of likely N-dealkylation sites (N-methyl/N-ethyl adjacent to an activating group) is 1. The van der Waals surface area contributed by atoms with Crippen LogP contribution in [0.5, 0.6) is 0 Å². The minimum atomic E-state index is 0.145. The maximum absolute atomic E-state index is 5.94. The van der Waals surface area contributed by atoms with E-state index in [9.17, 15) is 0 Å².